The molecule has 7 nitrogen and oxygen atoms in total. The van der Waals surface area contributed by atoms with Crippen molar-refractivity contribution in [2.45, 2.75) is 19.0 Å². The predicted molar refractivity (Wildman–Crippen MR) is 139 cm³/mol. The molecule has 0 bridgehead atoms. The van der Waals surface area contributed by atoms with Crippen LogP contribution in [0, 0.1) is 5.82 Å². The van der Waals surface area contributed by atoms with Crippen molar-refractivity contribution >= 4 is 39.1 Å². The van der Waals surface area contributed by atoms with Crippen LogP contribution in [0.15, 0.2) is 78.9 Å². The fraction of sp³-hybridized carbons (Fsp3) is 0.231. The Hall–Kier alpha value is -3.43. The Morgan fingerprint density at radius 1 is 0.944 bits per heavy atom. The number of hydrogen-bond donors (Lipinski definition) is 1. The lowest BCUT2D eigenvalue weighted by Crippen LogP contribution is -2.53. The monoisotopic (exact) mass is 531 g/mol. The Labute approximate surface area is 215 Å². The molecular weight excluding hydrogens is 505 g/mol. The second-order valence-electron chi connectivity index (χ2n) is 8.19. The molecule has 190 valence electrons. The Morgan fingerprint density at radius 2 is 1.56 bits per heavy atom. The van der Waals surface area contributed by atoms with Crippen LogP contribution in [0.4, 0.5) is 10.1 Å². The zero-order chi connectivity index (χ0) is 26.3. The van der Waals surface area contributed by atoms with Crippen LogP contribution in [0.5, 0.6) is 0 Å². The SMILES string of the molecule is CNC(=O)[C@H](Cc1ccccc1)N(Cc1ccc(Cl)cc1)C(=O)CN(c1ccccc1F)S(C)(=O)=O. The van der Waals surface area contributed by atoms with Gasteiger partial charge in [-0.1, -0.05) is 66.2 Å². The number of hydrogen-bond acceptors (Lipinski definition) is 4. The lowest BCUT2D eigenvalue weighted by molar-refractivity contribution is -0.139. The molecule has 0 fully saturated rings. The second kappa shape index (κ2) is 12.0. The largest absolute Gasteiger partial charge is 0.357 e. The van der Waals surface area contributed by atoms with Gasteiger partial charge in [-0.3, -0.25) is 13.9 Å². The number of carbonyl (C=O) groups is 2. The highest BCUT2D eigenvalue weighted by Crippen LogP contribution is 2.23. The van der Waals surface area contributed by atoms with Crippen molar-refractivity contribution in [1.82, 2.24) is 10.2 Å². The average molecular weight is 532 g/mol. The van der Waals surface area contributed by atoms with E-state index in [1.807, 2.05) is 30.3 Å². The third-order valence-electron chi connectivity index (χ3n) is 5.58. The molecule has 2 amide bonds. The molecule has 1 N–H and O–H groups in total. The molecule has 0 saturated heterocycles. The Balaban J connectivity index is 2.03. The summed E-state index contributed by atoms with van der Waals surface area (Å²) in [6.45, 7) is -0.675. The van der Waals surface area contributed by atoms with Crippen LogP contribution in [0.25, 0.3) is 0 Å². The number of amides is 2. The normalized spacial score (nSPS) is 12.0. The molecule has 0 heterocycles. The lowest BCUT2D eigenvalue weighted by atomic mass is 10.0. The van der Waals surface area contributed by atoms with Gasteiger partial charge in [0, 0.05) is 25.0 Å². The van der Waals surface area contributed by atoms with Crippen LogP contribution in [-0.4, -0.2) is 51.0 Å². The molecule has 0 aliphatic carbocycles. The molecule has 3 rings (SSSR count). The van der Waals surface area contributed by atoms with Crippen LogP contribution < -0.4 is 9.62 Å². The Bertz CT molecular complexity index is 1300. The van der Waals surface area contributed by atoms with Crippen molar-refractivity contribution in [3.63, 3.8) is 0 Å². The molecule has 0 radical (unpaired) electrons. The van der Waals surface area contributed by atoms with Crippen molar-refractivity contribution in [3.8, 4) is 0 Å². The van der Waals surface area contributed by atoms with Crippen LogP contribution in [-0.2, 0) is 32.6 Å². The molecular formula is C26H27ClFN3O4S. The van der Waals surface area contributed by atoms with E-state index < -0.39 is 40.2 Å². The minimum Gasteiger partial charge on any atom is -0.357 e. The summed E-state index contributed by atoms with van der Waals surface area (Å²) in [5, 5.41) is 3.10. The predicted octanol–water partition coefficient (Wildman–Crippen LogP) is 3.63. The quantitative estimate of drug-likeness (QED) is 0.433. The topological polar surface area (TPSA) is 86.8 Å². The fourth-order valence-electron chi connectivity index (χ4n) is 3.76. The molecule has 0 saturated carbocycles. The summed E-state index contributed by atoms with van der Waals surface area (Å²) in [4.78, 5) is 28.0. The molecule has 0 spiro atoms. The zero-order valence-corrected chi connectivity index (χ0v) is 21.5. The molecule has 0 aliphatic rings. The van der Waals surface area contributed by atoms with Gasteiger partial charge in [-0.05, 0) is 35.4 Å². The van der Waals surface area contributed by atoms with Crippen molar-refractivity contribution in [2.24, 2.45) is 0 Å². The van der Waals surface area contributed by atoms with Crippen LogP contribution >= 0.6 is 11.6 Å². The van der Waals surface area contributed by atoms with Crippen molar-refractivity contribution in [2.75, 3.05) is 24.2 Å². The van der Waals surface area contributed by atoms with Gasteiger partial charge in [-0.25, -0.2) is 12.8 Å². The lowest BCUT2D eigenvalue weighted by Gasteiger charge is -2.33. The number of halogens is 2. The molecule has 0 aliphatic heterocycles. The van der Waals surface area contributed by atoms with E-state index in [1.54, 1.807) is 24.3 Å². The highest BCUT2D eigenvalue weighted by atomic mass is 35.5. The number of likely N-dealkylation sites (N-methyl/N-ethyl adjacent to an activating group) is 1. The molecule has 0 unspecified atom stereocenters. The number of carbonyl (C=O) groups excluding carboxylic acids is 2. The van der Waals surface area contributed by atoms with Crippen LogP contribution in [0.3, 0.4) is 0 Å². The second-order valence-corrected chi connectivity index (χ2v) is 10.5. The summed E-state index contributed by atoms with van der Waals surface area (Å²) in [5.74, 6) is -1.87. The van der Waals surface area contributed by atoms with E-state index in [-0.39, 0.29) is 18.7 Å². The van der Waals surface area contributed by atoms with E-state index in [0.717, 1.165) is 17.9 Å². The van der Waals surface area contributed by atoms with Gasteiger partial charge >= 0.3 is 0 Å². The summed E-state index contributed by atoms with van der Waals surface area (Å²) in [6.07, 6.45) is 1.09. The average Bonchev–Trinajstić information content (AvgIpc) is 2.85. The van der Waals surface area contributed by atoms with Crippen molar-refractivity contribution in [1.29, 1.82) is 0 Å². The Kier molecular flexibility index (Phi) is 9.06. The van der Waals surface area contributed by atoms with E-state index in [2.05, 4.69) is 5.32 Å². The number of nitrogens with zero attached hydrogens (tertiary/aromatic N) is 2. The zero-order valence-electron chi connectivity index (χ0n) is 19.9. The number of nitrogens with one attached hydrogen (secondary N) is 1. The number of benzene rings is 3. The highest BCUT2D eigenvalue weighted by Gasteiger charge is 2.33. The maximum Gasteiger partial charge on any atom is 0.244 e. The molecule has 0 aromatic heterocycles. The molecule has 10 heteroatoms. The number of para-hydroxylation sites is 1. The summed E-state index contributed by atoms with van der Waals surface area (Å²) in [5.41, 5.74) is 1.25. The van der Waals surface area contributed by atoms with E-state index in [4.69, 9.17) is 11.6 Å². The van der Waals surface area contributed by atoms with Gasteiger partial charge in [0.1, 0.15) is 18.4 Å². The number of anilines is 1. The summed E-state index contributed by atoms with van der Waals surface area (Å²) >= 11 is 6.00. The van der Waals surface area contributed by atoms with Gasteiger partial charge in [0.05, 0.1) is 11.9 Å². The first-order chi connectivity index (χ1) is 17.1. The summed E-state index contributed by atoms with van der Waals surface area (Å²) in [6, 6.07) is 20.3. The van der Waals surface area contributed by atoms with Gasteiger partial charge < -0.3 is 10.2 Å². The van der Waals surface area contributed by atoms with Gasteiger partial charge in [0.2, 0.25) is 21.8 Å². The third-order valence-corrected chi connectivity index (χ3v) is 6.96. The minimum atomic E-state index is -4.03. The van der Waals surface area contributed by atoms with Crippen molar-refractivity contribution < 1.29 is 22.4 Å². The van der Waals surface area contributed by atoms with Crippen molar-refractivity contribution in [3.05, 3.63) is 101 Å². The first-order valence-corrected chi connectivity index (χ1v) is 13.3. The molecule has 36 heavy (non-hydrogen) atoms. The first-order valence-electron chi connectivity index (χ1n) is 11.1. The van der Waals surface area contributed by atoms with Crippen LogP contribution in [0.1, 0.15) is 11.1 Å². The maximum absolute atomic E-state index is 14.5. The molecule has 3 aromatic rings. The van der Waals surface area contributed by atoms with Gasteiger partial charge in [-0.2, -0.15) is 0 Å². The van der Waals surface area contributed by atoms with Gasteiger partial charge in [0.25, 0.3) is 0 Å². The molecule has 3 aromatic carbocycles. The molecule has 1 atom stereocenters. The summed E-state index contributed by atoms with van der Waals surface area (Å²) in [7, 11) is -2.56. The number of rotatable bonds is 10. The first kappa shape index (κ1) is 27.2. The van der Waals surface area contributed by atoms with E-state index in [1.165, 1.54) is 30.1 Å². The summed E-state index contributed by atoms with van der Waals surface area (Å²) < 4.78 is 40.4. The number of sulfonamides is 1. The van der Waals surface area contributed by atoms with E-state index >= 15 is 0 Å². The maximum atomic E-state index is 14.5. The Morgan fingerprint density at radius 3 is 2.14 bits per heavy atom. The van der Waals surface area contributed by atoms with Gasteiger partial charge in [0.15, 0.2) is 0 Å². The van der Waals surface area contributed by atoms with E-state index in [9.17, 15) is 22.4 Å². The van der Waals surface area contributed by atoms with Gasteiger partial charge in [-0.15, -0.1) is 0 Å². The minimum absolute atomic E-state index is 0.00972. The third kappa shape index (κ3) is 7.05. The smallest absolute Gasteiger partial charge is 0.244 e. The standard InChI is InChI=1S/C26H27ClFN3O4S/c1-29-26(33)24(16-19-8-4-3-5-9-19)30(17-20-12-14-21(27)15-13-20)25(32)18-31(36(2,34)35)23-11-7-6-10-22(23)28/h3-15,24H,16-18H2,1-2H3,(H,29,33)/t24-/m0/s1. The highest BCUT2D eigenvalue weighted by molar-refractivity contribution is 7.92. The fourth-order valence-corrected chi connectivity index (χ4v) is 4.73. The van der Waals surface area contributed by atoms with Crippen LogP contribution in [0.2, 0.25) is 5.02 Å². The van der Waals surface area contributed by atoms with E-state index in [0.29, 0.717) is 14.9 Å².